The SMILES string of the molecule is CC(NC(=O)c1ccc(Br)s1)C(=O)Nc1ccc(C(=O)N2CCc3ccccc32)cc1. The van der Waals surface area contributed by atoms with E-state index in [1.54, 1.807) is 48.2 Å². The maximum Gasteiger partial charge on any atom is 0.262 e. The van der Waals surface area contributed by atoms with Crippen molar-refractivity contribution in [2.75, 3.05) is 16.8 Å². The molecule has 0 fully saturated rings. The van der Waals surface area contributed by atoms with Crippen molar-refractivity contribution in [3.63, 3.8) is 0 Å². The van der Waals surface area contributed by atoms with Gasteiger partial charge in [0.15, 0.2) is 0 Å². The van der Waals surface area contributed by atoms with Gasteiger partial charge in [-0.3, -0.25) is 14.4 Å². The molecule has 1 atom stereocenters. The average Bonchev–Trinajstić information content (AvgIpc) is 3.40. The molecule has 2 heterocycles. The van der Waals surface area contributed by atoms with Gasteiger partial charge in [0.1, 0.15) is 6.04 Å². The van der Waals surface area contributed by atoms with E-state index < -0.39 is 6.04 Å². The summed E-state index contributed by atoms with van der Waals surface area (Å²) in [6, 6.07) is 17.5. The first-order chi connectivity index (χ1) is 14.9. The zero-order valence-electron chi connectivity index (χ0n) is 16.7. The number of thiophene rings is 1. The minimum absolute atomic E-state index is 0.0643. The fourth-order valence-electron chi connectivity index (χ4n) is 3.42. The van der Waals surface area contributed by atoms with Gasteiger partial charge in [-0.15, -0.1) is 11.3 Å². The van der Waals surface area contributed by atoms with Crippen molar-refractivity contribution >= 4 is 56.4 Å². The van der Waals surface area contributed by atoms with Crippen LogP contribution in [0.15, 0.2) is 64.5 Å². The summed E-state index contributed by atoms with van der Waals surface area (Å²) >= 11 is 4.62. The molecule has 2 aromatic carbocycles. The number of carbonyl (C=O) groups is 3. The predicted molar refractivity (Wildman–Crippen MR) is 126 cm³/mol. The lowest BCUT2D eigenvalue weighted by Crippen LogP contribution is -2.41. The molecule has 0 aliphatic carbocycles. The number of carbonyl (C=O) groups excluding carboxylic acids is 3. The molecular formula is C23H20BrN3O3S. The molecule has 1 unspecified atom stereocenters. The Bertz CT molecular complexity index is 1140. The quantitative estimate of drug-likeness (QED) is 0.545. The summed E-state index contributed by atoms with van der Waals surface area (Å²) in [5.74, 6) is -0.702. The van der Waals surface area contributed by atoms with Gasteiger partial charge in [-0.25, -0.2) is 0 Å². The van der Waals surface area contributed by atoms with E-state index in [1.807, 2.05) is 24.3 Å². The van der Waals surface area contributed by atoms with Gasteiger partial charge in [0.2, 0.25) is 5.91 Å². The fourth-order valence-corrected chi connectivity index (χ4v) is 4.71. The van der Waals surface area contributed by atoms with Crippen LogP contribution in [-0.2, 0) is 11.2 Å². The summed E-state index contributed by atoms with van der Waals surface area (Å²) in [4.78, 5) is 39.9. The van der Waals surface area contributed by atoms with Gasteiger partial charge in [-0.05, 0) is 77.3 Å². The number of fused-ring (bicyclic) bond motifs is 1. The Balaban J connectivity index is 1.36. The Morgan fingerprint density at radius 2 is 1.77 bits per heavy atom. The van der Waals surface area contributed by atoms with E-state index in [2.05, 4.69) is 26.6 Å². The third kappa shape index (κ3) is 4.70. The second-order valence-electron chi connectivity index (χ2n) is 7.20. The standard InChI is InChI=1S/C23H20BrN3O3S/c1-14(25-22(29)19-10-11-20(24)31-19)21(28)26-17-8-6-16(7-9-17)23(30)27-13-12-15-4-2-3-5-18(15)27/h2-11,14H,12-13H2,1H3,(H,25,29)(H,26,28). The van der Waals surface area contributed by atoms with Crippen molar-refractivity contribution in [2.45, 2.75) is 19.4 Å². The largest absolute Gasteiger partial charge is 0.340 e. The number of nitrogens with one attached hydrogen (secondary N) is 2. The van der Waals surface area contributed by atoms with E-state index in [4.69, 9.17) is 0 Å². The Morgan fingerprint density at radius 3 is 2.48 bits per heavy atom. The van der Waals surface area contributed by atoms with Gasteiger partial charge >= 0.3 is 0 Å². The van der Waals surface area contributed by atoms with Crippen molar-refractivity contribution in [3.05, 3.63) is 80.5 Å². The molecule has 0 bridgehead atoms. The van der Waals surface area contributed by atoms with E-state index in [9.17, 15) is 14.4 Å². The van der Waals surface area contributed by atoms with Crippen LogP contribution in [0.3, 0.4) is 0 Å². The molecule has 31 heavy (non-hydrogen) atoms. The van der Waals surface area contributed by atoms with Crippen LogP contribution < -0.4 is 15.5 Å². The third-order valence-corrected chi connectivity index (χ3v) is 6.69. The van der Waals surface area contributed by atoms with Gasteiger partial charge in [0, 0.05) is 23.5 Å². The summed E-state index contributed by atoms with van der Waals surface area (Å²) in [6.45, 7) is 2.29. The number of rotatable bonds is 5. The first-order valence-electron chi connectivity index (χ1n) is 9.79. The van der Waals surface area contributed by atoms with Gasteiger partial charge in [-0.2, -0.15) is 0 Å². The van der Waals surface area contributed by atoms with Crippen LogP contribution in [0.2, 0.25) is 0 Å². The number of nitrogens with zero attached hydrogens (tertiary/aromatic N) is 1. The van der Waals surface area contributed by atoms with Crippen molar-refractivity contribution in [2.24, 2.45) is 0 Å². The number of para-hydroxylation sites is 1. The van der Waals surface area contributed by atoms with Crippen molar-refractivity contribution in [1.82, 2.24) is 5.32 Å². The second kappa shape index (κ2) is 9.03. The molecule has 1 aromatic heterocycles. The molecule has 158 valence electrons. The smallest absolute Gasteiger partial charge is 0.262 e. The molecule has 0 saturated heterocycles. The predicted octanol–water partition coefficient (Wildman–Crippen LogP) is 4.47. The summed E-state index contributed by atoms with van der Waals surface area (Å²) < 4.78 is 0.849. The molecule has 3 aromatic rings. The van der Waals surface area contributed by atoms with Crippen LogP contribution >= 0.6 is 27.3 Å². The van der Waals surface area contributed by atoms with Crippen LogP contribution in [0.5, 0.6) is 0 Å². The van der Waals surface area contributed by atoms with Gasteiger partial charge in [0.05, 0.1) is 8.66 Å². The van der Waals surface area contributed by atoms with Crippen LogP contribution in [-0.4, -0.2) is 30.3 Å². The number of hydrogen-bond acceptors (Lipinski definition) is 4. The lowest BCUT2D eigenvalue weighted by Gasteiger charge is -2.18. The summed E-state index contributed by atoms with van der Waals surface area (Å²) in [5, 5.41) is 5.45. The minimum atomic E-state index is -0.712. The van der Waals surface area contributed by atoms with Crippen LogP contribution in [0.1, 0.15) is 32.5 Å². The van der Waals surface area contributed by atoms with Gasteiger partial charge < -0.3 is 15.5 Å². The van der Waals surface area contributed by atoms with Gasteiger partial charge in [0.25, 0.3) is 11.8 Å². The number of benzene rings is 2. The molecular weight excluding hydrogens is 478 g/mol. The third-order valence-electron chi connectivity index (χ3n) is 5.07. The maximum absolute atomic E-state index is 12.9. The Labute approximate surface area is 192 Å². The molecule has 8 heteroatoms. The zero-order valence-corrected chi connectivity index (χ0v) is 19.1. The van der Waals surface area contributed by atoms with E-state index in [1.165, 1.54) is 16.9 Å². The highest BCUT2D eigenvalue weighted by Gasteiger charge is 2.25. The van der Waals surface area contributed by atoms with Gasteiger partial charge in [-0.1, -0.05) is 18.2 Å². The van der Waals surface area contributed by atoms with Crippen molar-refractivity contribution in [3.8, 4) is 0 Å². The molecule has 2 N–H and O–H groups in total. The molecule has 0 saturated carbocycles. The summed E-state index contributed by atoms with van der Waals surface area (Å²) in [5.41, 5.74) is 3.24. The minimum Gasteiger partial charge on any atom is -0.340 e. The number of amides is 3. The highest BCUT2D eigenvalue weighted by atomic mass is 79.9. The summed E-state index contributed by atoms with van der Waals surface area (Å²) in [6.07, 6.45) is 0.849. The molecule has 1 aliphatic rings. The Kier molecular flexibility index (Phi) is 6.20. The number of halogens is 1. The lowest BCUT2D eigenvalue weighted by atomic mass is 10.1. The first-order valence-corrected chi connectivity index (χ1v) is 11.4. The molecule has 0 radical (unpaired) electrons. The van der Waals surface area contributed by atoms with Crippen LogP contribution in [0, 0.1) is 0 Å². The molecule has 4 rings (SSSR count). The summed E-state index contributed by atoms with van der Waals surface area (Å²) in [7, 11) is 0. The van der Waals surface area contributed by atoms with Crippen molar-refractivity contribution in [1.29, 1.82) is 0 Å². The maximum atomic E-state index is 12.9. The average molecular weight is 498 g/mol. The lowest BCUT2D eigenvalue weighted by molar-refractivity contribution is -0.117. The monoisotopic (exact) mass is 497 g/mol. The highest BCUT2D eigenvalue weighted by Crippen LogP contribution is 2.29. The zero-order chi connectivity index (χ0) is 22.0. The topological polar surface area (TPSA) is 78.5 Å². The van der Waals surface area contributed by atoms with Crippen molar-refractivity contribution < 1.29 is 14.4 Å². The van der Waals surface area contributed by atoms with E-state index >= 15 is 0 Å². The number of anilines is 2. The first kappa shape index (κ1) is 21.3. The van der Waals surface area contributed by atoms with Crippen LogP contribution in [0.25, 0.3) is 0 Å². The second-order valence-corrected chi connectivity index (χ2v) is 9.66. The molecule has 6 nitrogen and oxygen atoms in total. The van der Waals surface area contributed by atoms with E-state index in [0.29, 0.717) is 22.7 Å². The molecule has 0 spiro atoms. The molecule has 3 amide bonds. The molecule has 1 aliphatic heterocycles. The number of hydrogen-bond donors (Lipinski definition) is 2. The Morgan fingerprint density at radius 1 is 1.03 bits per heavy atom. The normalized spacial score (nSPS) is 13.4. The van der Waals surface area contributed by atoms with E-state index in [0.717, 1.165) is 15.9 Å². The van der Waals surface area contributed by atoms with E-state index in [-0.39, 0.29) is 17.7 Å². The Hall–Kier alpha value is -2.97. The van der Waals surface area contributed by atoms with Crippen LogP contribution in [0.4, 0.5) is 11.4 Å². The highest BCUT2D eigenvalue weighted by molar-refractivity contribution is 9.11. The fraction of sp³-hybridized carbons (Fsp3) is 0.174.